The highest BCUT2D eigenvalue weighted by Crippen LogP contribution is 2.33. The topological polar surface area (TPSA) is 44.2 Å². The fourth-order valence-electron chi connectivity index (χ4n) is 5.97. The molecule has 262 valence electrons. The van der Waals surface area contributed by atoms with Gasteiger partial charge in [-0.15, -0.1) is 0 Å². The Morgan fingerprint density at radius 3 is 1.06 bits per heavy atom. The first-order valence-corrected chi connectivity index (χ1v) is 19.4. The predicted molar refractivity (Wildman–Crippen MR) is 207 cm³/mol. The van der Waals surface area contributed by atoms with Crippen LogP contribution in [0.1, 0.15) is 165 Å². The summed E-state index contributed by atoms with van der Waals surface area (Å²) in [5.74, 6) is 1.80. The molecule has 0 N–H and O–H groups in total. The average Bonchev–Trinajstić information content (AvgIpc) is 3.12. The van der Waals surface area contributed by atoms with Crippen LogP contribution >= 0.6 is 0 Å². The molecule has 48 heavy (non-hydrogen) atoms. The van der Waals surface area contributed by atoms with E-state index in [1.807, 2.05) is 49.1 Å². The van der Waals surface area contributed by atoms with E-state index in [0.29, 0.717) is 0 Å². The van der Waals surface area contributed by atoms with Gasteiger partial charge in [-0.1, -0.05) is 154 Å². The molecule has 0 bridgehead atoms. The first kappa shape index (κ1) is 39.0. The summed E-state index contributed by atoms with van der Waals surface area (Å²) in [5, 5.41) is 0. The summed E-state index contributed by atoms with van der Waals surface area (Å²) < 4.78 is 13.0. The number of ether oxygens (including phenoxy) is 2. The van der Waals surface area contributed by atoms with Gasteiger partial charge in [0.1, 0.15) is 11.5 Å². The minimum Gasteiger partial charge on any atom is -0.493 e. The summed E-state index contributed by atoms with van der Waals surface area (Å²) in [7, 11) is 0. The van der Waals surface area contributed by atoms with Crippen molar-refractivity contribution < 1.29 is 9.47 Å². The predicted octanol–water partition coefficient (Wildman–Crippen LogP) is 13.4. The summed E-state index contributed by atoms with van der Waals surface area (Å²) >= 11 is 0. The van der Waals surface area contributed by atoms with Crippen molar-refractivity contribution in [2.24, 2.45) is 0 Å². The van der Waals surface area contributed by atoms with Gasteiger partial charge in [0.15, 0.2) is 0 Å². The molecule has 0 unspecified atom stereocenters. The van der Waals surface area contributed by atoms with E-state index < -0.39 is 0 Å². The third-order valence-electron chi connectivity index (χ3n) is 8.98. The molecule has 0 aliphatic heterocycles. The Bertz CT molecular complexity index is 1160. The molecular weight excluding hydrogens is 588 g/mol. The number of benzene rings is 1. The van der Waals surface area contributed by atoms with Gasteiger partial charge in [-0.3, -0.25) is 9.97 Å². The Balaban J connectivity index is 1.63. The second kappa shape index (κ2) is 26.5. The van der Waals surface area contributed by atoms with Crippen LogP contribution in [0.15, 0.2) is 61.2 Å². The van der Waals surface area contributed by atoms with Gasteiger partial charge >= 0.3 is 0 Å². The zero-order chi connectivity index (χ0) is 33.7. The highest BCUT2D eigenvalue weighted by molar-refractivity contribution is 5.78. The molecule has 0 saturated carbocycles. The highest BCUT2D eigenvalue weighted by Gasteiger charge is 2.11. The van der Waals surface area contributed by atoms with Gasteiger partial charge in [-0.25, -0.2) is 0 Å². The Hall–Kier alpha value is -3.40. The lowest BCUT2D eigenvalue weighted by molar-refractivity contribution is 0.295. The van der Waals surface area contributed by atoms with Crippen LogP contribution in [0.2, 0.25) is 0 Å². The van der Waals surface area contributed by atoms with E-state index in [9.17, 15) is 0 Å². The van der Waals surface area contributed by atoms with Crippen LogP contribution in [0.4, 0.5) is 0 Å². The van der Waals surface area contributed by atoms with E-state index in [4.69, 9.17) is 9.47 Å². The van der Waals surface area contributed by atoms with Crippen molar-refractivity contribution in [2.75, 3.05) is 13.2 Å². The fourth-order valence-corrected chi connectivity index (χ4v) is 5.97. The summed E-state index contributed by atoms with van der Waals surface area (Å²) in [5.41, 5.74) is 4.30. The van der Waals surface area contributed by atoms with Crippen LogP contribution < -0.4 is 9.47 Å². The van der Waals surface area contributed by atoms with Gasteiger partial charge in [0.2, 0.25) is 0 Å². The van der Waals surface area contributed by atoms with Crippen LogP contribution in [0.25, 0.3) is 24.3 Å². The molecule has 2 heterocycles. The number of rotatable bonds is 28. The number of nitrogens with zero attached hydrogens (tertiary/aromatic N) is 2. The molecule has 0 aliphatic rings. The van der Waals surface area contributed by atoms with E-state index >= 15 is 0 Å². The minimum atomic E-state index is 0.721. The maximum Gasteiger partial charge on any atom is 0.127 e. The standard InChI is InChI=1S/C44H64N2O2/c1-3-5-7-9-11-13-15-17-19-21-35-47-43-37-42(26-24-40-29-33-46-34-30-40)44(38-41(43)25-23-39-27-31-45-32-28-39)48-36-22-20-18-16-14-12-10-8-6-4-2/h23-34,37-38H,3-22,35-36H2,1-2H3/b25-23+,26-24+. The smallest absolute Gasteiger partial charge is 0.127 e. The number of aromatic nitrogens is 2. The molecule has 0 radical (unpaired) electrons. The second-order valence-corrected chi connectivity index (χ2v) is 13.2. The van der Waals surface area contributed by atoms with Crippen molar-refractivity contribution >= 4 is 24.3 Å². The summed E-state index contributed by atoms with van der Waals surface area (Å²) in [4.78, 5) is 8.34. The van der Waals surface area contributed by atoms with Crippen LogP contribution in [-0.4, -0.2) is 23.2 Å². The SMILES string of the molecule is CCCCCCCCCCCCOc1cc(/C=C/c2ccncc2)c(OCCCCCCCCCCCC)cc1/C=C/c1ccncc1. The largest absolute Gasteiger partial charge is 0.493 e. The molecule has 3 rings (SSSR count). The Kier molecular flexibility index (Phi) is 21.6. The van der Waals surface area contributed by atoms with Crippen LogP contribution in [0.5, 0.6) is 11.5 Å². The number of hydrogen-bond donors (Lipinski definition) is 0. The maximum absolute atomic E-state index is 6.49. The van der Waals surface area contributed by atoms with E-state index in [2.05, 4.69) is 60.3 Å². The molecule has 3 aromatic rings. The van der Waals surface area contributed by atoms with Crippen LogP contribution in [-0.2, 0) is 0 Å². The first-order chi connectivity index (χ1) is 23.8. The normalized spacial score (nSPS) is 11.5. The van der Waals surface area contributed by atoms with Crippen LogP contribution in [0, 0.1) is 0 Å². The highest BCUT2D eigenvalue weighted by atomic mass is 16.5. The Morgan fingerprint density at radius 1 is 0.417 bits per heavy atom. The Morgan fingerprint density at radius 2 is 0.729 bits per heavy atom. The van der Waals surface area contributed by atoms with Gasteiger partial charge in [-0.05, 0) is 60.4 Å². The molecule has 0 amide bonds. The van der Waals surface area contributed by atoms with Crippen molar-refractivity contribution in [3.63, 3.8) is 0 Å². The van der Waals surface area contributed by atoms with Gasteiger partial charge in [0.25, 0.3) is 0 Å². The fraction of sp³-hybridized carbons (Fsp3) is 0.545. The molecule has 0 fully saturated rings. The molecule has 2 aromatic heterocycles. The van der Waals surface area contributed by atoms with Gasteiger partial charge < -0.3 is 9.47 Å². The second-order valence-electron chi connectivity index (χ2n) is 13.2. The zero-order valence-corrected chi connectivity index (χ0v) is 30.4. The minimum absolute atomic E-state index is 0.721. The van der Waals surface area contributed by atoms with Crippen LogP contribution in [0.3, 0.4) is 0 Å². The maximum atomic E-state index is 6.49. The third-order valence-corrected chi connectivity index (χ3v) is 8.98. The molecule has 0 aliphatic carbocycles. The lowest BCUT2D eigenvalue weighted by Gasteiger charge is -2.15. The first-order valence-electron chi connectivity index (χ1n) is 19.4. The third kappa shape index (κ3) is 17.7. The van der Waals surface area contributed by atoms with Gasteiger partial charge in [0.05, 0.1) is 13.2 Å². The molecule has 0 atom stereocenters. The molecule has 4 nitrogen and oxygen atoms in total. The van der Waals surface area contributed by atoms with E-state index in [-0.39, 0.29) is 0 Å². The summed E-state index contributed by atoms with van der Waals surface area (Å²) in [6, 6.07) is 12.4. The van der Waals surface area contributed by atoms with E-state index in [1.165, 1.54) is 116 Å². The molecule has 4 heteroatoms. The zero-order valence-electron chi connectivity index (χ0n) is 30.4. The quantitative estimate of drug-likeness (QED) is 0.0732. The van der Waals surface area contributed by atoms with Crippen molar-refractivity contribution in [3.05, 3.63) is 83.4 Å². The summed E-state index contributed by atoms with van der Waals surface area (Å²) in [6.07, 6.45) is 42.1. The number of hydrogen-bond acceptors (Lipinski definition) is 4. The molecule has 0 saturated heterocycles. The van der Waals surface area contributed by atoms with Gasteiger partial charge in [-0.2, -0.15) is 0 Å². The van der Waals surface area contributed by atoms with Crippen molar-refractivity contribution in [3.8, 4) is 11.5 Å². The van der Waals surface area contributed by atoms with Crippen molar-refractivity contribution in [2.45, 2.75) is 142 Å². The van der Waals surface area contributed by atoms with Gasteiger partial charge in [0, 0.05) is 35.9 Å². The Labute approximate surface area is 293 Å². The monoisotopic (exact) mass is 652 g/mol. The number of pyridine rings is 2. The molecular formula is C44H64N2O2. The molecule has 1 aromatic carbocycles. The van der Waals surface area contributed by atoms with Crippen molar-refractivity contribution in [1.82, 2.24) is 9.97 Å². The lowest BCUT2D eigenvalue weighted by atomic mass is 10.1. The van der Waals surface area contributed by atoms with E-state index in [1.54, 1.807) is 0 Å². The molecule has 0 spiro atoms. The van der Waals surface area contributed by atoms with E-state index in [0.717, 1.165) is 59.8 Å². The lowest BCUT2D eigenvalue weighted by Crippen LogP contribution is -2.03. The average molecular weight is 653 g/mol. The summed E-state index contributed by atoms with van der Waals surface area (Å²) in [6.45, 7) is 6.01. The number of unbranched alkanes of at least 4 members (excludes halogenated alkanes) is 18. The van der Waals surface area contributed by atoms with Crippen molar-refractivity contribution in [1.29, 1.82) is 0 Å².